The second-order valence-corrected chi connectivity index (χ2v) is 6.39. The zero-order valence-electron chi connectivity index (χ0n) is 12.1. The number of hydrogen-bond donors (Lipinski definition) is 1. The molecule has 2 aromatic rings. The van der Waals surface area contributed by atoms with E-state index < -0.39 is 0 Å². The Morgan fingerprint density at radius 1 is 1.24 bits per heavy atom. The van der Waals surface area contributed by atoms with Gasteiger partial charge in [0.25, 0.3) is 0 Å². The molecule has 0 bridgehead atoms. The fourth-order valence-corrected chi connectivity index (χ4v) is 3.51. The Morgan fingerprint density at radius 3 is 2.52 bits per heavy atom. The fraction of sp³-hybridized carbons (Fsp3) is 0.312. The Labute approximate surface area is 142 Å². The van der Waals surface area contributed by atoms with Crippen molar-refractivity contribution in [1.29, 1.82) is 0 Å². The van der Waals surface area contributed by atoms with Gasteiger partial charge in [0.2, 0.25) is 0 Å². The summed E-state index contributed by atoms with van der Waals surface area (Å²) in [4.78, 5) is 4.36. The van der Waals surface area contributed by atoms with E-state index in [-0.39, 0.29) is 6.04 Å². The first kappa shape index (κ1) is 16.5. The van der Waals surface area contributed by atoms with Gasteiger partial charge < -0.3 is 10.1 Å². The van der Waals surface area contributed by atoms with Crippen molar-refractivity contribution in [2.75, 3.05) is 6.61 Å². The molecule has 1 heterocycles. The van der Waals surface area contributed by atoms with E-state index in [0.29, 0.717) is 6.61 Å². The van der Waals surface area contributed by atoms with Crippen LogP contribution in [0.4, 0.5) is 0 Å². The van der Waals surface area contributed by atoms with E-state index >= 15 is 0 Å². The van der Waals surface area contributed by atoms with E-state index in [1.54, 1.807) is 0 Å². The molecule has 1 unspecified atom stereocenters. The van der Waals surface area contributed by atoms with Crippen molar-refractivity contribution < 1.29 is 4.74 Å². The van der Waals surface area contributed by atoms with Crippen LogP contribution in [0.5, 0.6) is 5.75 Å². The normalized spacial score (nSPS) is 12.2. The zero-order chi connectivity index (χ0) is 15.2. The number of aromatic nitrogens is 1. The minimum absolute atomic E-state index is 0.204. The maximum absolute atomic E-state index is 5.59. The molecule has 0 aliphatic heterocycles. The number of benzene rings is 1. The Kier molecular flexibility index (Phi) is 6.21. The Hall–Kier alpha value is -0.910. The highest BCUT2D eigenvalue weighted by Gasteiger charge is 2.10. The van der Waals surface area contributed by atoms with Gasteiger partial charge in [0.15, 0.2) is 0 Å². The molecule has 21 heavy (non-hydrogen) atoms. The van der Waals surface area contributed by atoms with Crippen molar-refractivity contribution in [1.82, 2.24) is 10.3 Å². The summed E-state index contributed by atoms with van der Waals surface area (Å²) in [5, 5.41) is 3.48. The lowest BCUT2D eigenvalue weighted by molar-refractivity contribution is 0.336. The van der Waals surface area contributed by atoms with Gasteiger partial charge in [-0.05, 0) is 75.5 Å². The molecule has 5 heteroatoms. The lowest BCUT2D eigenvalue weighted by Gasteiger charge is -2.15. The van der Waals surface area contributed by atoms with E-state index in [1.807, 2.05) is 31.3 Å². The van der Waals surface area contributed by atoms with Crippen molar-refractivity contribution in [2.45, 2.75) is 26.4 Å². The molecule has 1 aromatic heterocycles. The average molecular weight is 414 g/mol. The standard InChI is InChI=1S/C16H18Br2N2O/c1-3-21-16-13(17)8-12(9-14(16)18)10-20-11(2)15-6-4-5-7-19-15/h4-9,11,20H,3,10H2,1-2H3. The molecular weight excluding hydrogens is 396 g/mol. The summed E-state index contributed by atoms with van der Waals surface area (Å²) in [7, 11) is 0. The quantitative estimate of drug-likeness (QED) is 0.734. The lowest BCUT2D eigenvalue weighted by atomic mass is 10.1. The Balaban J connectivity index is 2.04. The maximum atomic E-state index is 5.59. The Morgan fingerprint density at radius 2 is 1.95 bits per heavy atom. The third kappa shape index (κ3) is 4.53. The maximum Gasteiger partial charge on any atom is 0.147 e. The number of ether oxygens (including phenoxy) is 1. The van der Waals surface area contributed by atoms with Crippen LogP contribution in [0.15, 0.2) is 45.5 Å². The van der Waals surface area contributed by atoms with Crippen LogP contribution in [0, 0.1) is 0 Å². The summed E-state index contributed by atoms with van der Waals surface area (Å²) in [5.41, 5.74) is 2.22. The van der Waals surface area contributed by atoms with Gasteiger partial charge in [-0.3, -0.25) is 4.98 Å². The summed E-state index contributed by atoms with van der Waals surface area (Å²) in [5.74, 6) is 0.846. The van der Waals surface area contributed by atoms with E-state index in [4.69, 9.17) is 4.74 Å². The van der Waals surface area contributed by atoms with Crippen molar-refractivity contribution in [3.05, 3.63) is 56.7 Å². The van der Waals surface area contributed by atoms with Crippen LogP contribution in [0.2, 0.25) is 0 Å². The second kappa shape index (κ2) is 7.92. The SMILES string of the molecule is CCOc1c(Br)cc(CNC(C)c2ccccn2)cc1Br. The summed E-state index contributed by atoms with van der Waals surface area (Å²) >= 11 is 7.11. The van der Waals surface area contributed by atoms with Gasteiger partial charge in [-0.1, -0.05) is 6.07 Å². The van der Waals surface area contributed by atoms with Gasteiger partial charge in [-0.15, -0.1) is 0 Å². The Bertz CT molecular complexity index is 567. The summed E-state index contributed by atoms with van der Waals surface area (Å²) < 4.78 is 7.51. The van der Waals surface area contributed by atoms with Crippen LogP contribution in [-0.4, -0.2) is 11.6 Å². The van der Waals surface area contributed by atoms with Crippen molar-refractivity contribution >= 4 is 31.9 Å². The third-order valence-electron chi connectivity index (χ3n) is 3.09. The highest BCUT2D eigenvalue weighted by Crippen LogP contribution is 2.34. The first-order valence-electron chi connectivity index (χ1n) is 6.86. The van der Waals surface area contributed by atoms with Gasteiger partial charge in [0, 0.05) is 18.8 Å². The van der Waals surface area contributed by atoms with Crippen molar-refractivity contribution in [2.24, 2.45) is 0 Å². The summed E-state index contributed by atoms with van der Waals surface area (Å²) in [6.07, 6.45) is 1.82. The number of hydrogen-bond acceptors (Lipinski definition) is 3. The van der Waals surface area contributed by atoms with E-state index in [0.717, 1.165) is 26.9 Å². The van der Waals surface area contributed by atoms with E-state index in [9.17, 15) is 0 Å². The monoisotopic (exact) mass is 412 g/mol. The summed E-state index contributed by atoms with van der Waals surface area (Å²) in [6.45, 7) is 5.50. The number of rotatable bonds is 6. The largest absolute Gasteiger partial charge is 0.492 e. The fourth-order valence-electron chi connectivity index (χ4n) is 2.00. The van der Waals surface area contributed by atoms with Crippen molar-refractivity contribution in [3.8, 4) is 5.75 Å². The van der Waals surface area contributed by atoms with Crippen molar-refractivity contribution in [3.63, 3.8) is 0 Å². The highest BCUT2D eigenvalue weighted by molar-refractivity contribution is 9.11. The molecule has 0 fully saturated rings. The third-order valence-corrected chi connectivity index (χ3v) is 4.27. The summed E-state index contributed by atoms with van der Waals surface area (Å²) in [6, 6.07) is 10.3. The molecule has 112 valence electrons. The molecular formula is C16H18Br2N2O. The van der Waals surface area contributed by atoms with Crippen LogP contribution in [0.1, 0.15) is 31.1 Å². The molecule has 0 amide bonds. The van der Waals surface area contributed by atoms with E-state index in [1.165, 1.54) is 5.56 Å². The molecule has 0 aliphatic rings. The van der Waals surface area contributed by atoms with Gasteiger partial charge in [-0.2, -0.15) is 0 Å². The van der Waals surface area contributed by atoms with E-state index in [2.05, 4.69) is 61.2 Å². The van der Waals surface area contributed by atoms with Crippen LogP contribution in [0.25, 0.3) is 0 Å². The van der Waals surface area contributed by atoms with Gasteiger partial charge in [-0.25, -0.2) is 0 Å². The minimum Gasteiger partial charge on any atom is -0.492 e. The molecule has 0 radical (unpaired) electrons. The molecule has 0 aliphatic carbocycles. The molecule has 0 saturated carbocycles. The van der Waals surface area contributed by atoms with Crippen LogP contribution < -0.4 is 10.1 Å². The first-order valence-corrected chi connectivity index (χ1v) is 8.45. The number of pyridine rings is 1. The topological polar surface area (TPSA) is 34.1 Å². The average Bonchev–Trinajstić information content (AvgIpc) is 2.49. The molecule has 0 saturated heterocycles. The zero-order valence-corrected chi connectivity index (χ0v) is 15.2. The second-order valence-electron chi connectivity index (χ2n) is 4.68. The molecule has 1 N–H and O–H groups in total. The molecule has 3 nitrogen and oxygen atoms in total. The van der Waals surface area contributed by atoms with Gasteiger partial charge >= 0.3 is 0 Å². The highest BCUT2D eigenvalue weighted by atomic mass is 79.9. The molecule has 2 rings (SSSR count). The first-order chi connectivity index (χ1) is 10.1. The van der Waals surface area contributed by atoms with Gasteiger partial charge in [0.05, 0.1) is 21.2 Å². The minimum atomic E-state index is 0.204. The predicted octanol–water partition coefficient (Wildman–Crippen LogP) is 4.86. The van der Waals surface area contributed by atoms with Gasteiger partial charge in [0.1, 0.15) is 5.75 Å². The number of nitrogens with one attached hydrogen (secondary N) is 1. The van der Waals surface area contributed by atoms with Crippen LogP contribution >= 0.6 is 31.9 Å². The molecule has 0 spiro atoms. The van der Waals surface area contributed by atoms with Crippen LogP contribution in [-0.2, 0) is 6.54 Å². The predicted molar refractivity (Wildman–Crippen MR) is 92.5 cm³/mol. The number of halogens is 2. The molecule has 1 aromatic carbocycles. The number of nitrogens with zero attached hydrogens (tertiary/aromatic N) is 1. The van der Waals surface area contributed by atoms with Crippen LogP contribution in [0.3, 0.4) is 0 Å². The smallest absolute Gasteiger partial charge is 0.147 e. The molecule has 1 atom stereocenters. The lowest BCUT2D eigenvalue weighted by Crippen LogP contribution is -2.19.